The fraction of sp³-hybridized carbons (Fsp3) is 0.538. The van der Waals surface area contributed by atoms with Crippen molar-refractivity contribution in [2.75, 3.05) is 19.0 Å². The molecule has 0 spiro atoms. The molecule has 0 fully saturated rings. The summed E-state index contributed by atoms with van der Waals surface area (Å²) in [5.41, 5.74) is 3.75. The summed E-state index contributed by atoms with van der Waals surface area (Å²) in [5, 5.41) is 10.1. The number of anilines is 1. The summed E-state index contributed by atoms with van der Waals surface area (Å²) in [4.78, 5) is 2.04. The van der Waals surface area contributed by atoms with Gasteiger partial charge in [-0.1, -0.05) is 6.07 Å². The molecule has 84 valence electrons. The summed E-state index contributed by atoms with van der Waals surface area (Å²) >= 11 is 0. The number of nitrogens with zero attached hydrogens (tertiary/aromatic N) is 1. The quantitative estimate of drug-likeness (QED) is 0.805. The van der Waals surface area contributed by atoms with Gasteiger partial charge in [0.1, 0.15) is 0 Å². The summed E-state index contributed by atoms with van der Waals surface area (Å²) in [6, 6.07) is 4.20. The van der Waals surface area contributed by atoms with Gasteiger partial charge in [-0.2, -0.15) is 0 Å². The molecule has 2 nitrogen and oxygen atoms in total. The lowest BCUT2D eigenvalue weighted by molar-refractivity contribution is 0.0790. The van der Waals surface area contributed by atoms with Gasteiger partial charge in [0.2, 0.25) is 0 Å². The van der Waals surface area contributed by atoms with E-state index in [0.29, 0.717) is 0 Å². The zero-order chi connectivity index (χ0) is 11.8. The number of benzene rings is 1. The minimum atomic E-state index is -0.794. The van der Waals surface area contributed by atoms with Crippen LogP contribution in [0.2, 0.25) is 0 Å². The van der Waals surface area contributed by atoms with Crippen molar-refractivity contribution >= 4 is 5.69 Å². The van der Waals surface area contributed by atoms with E-state index in [1.54, 1.807) is 0 Å². The number of hydrogen-bond acceptors (Lipinski definition) is 2. The second kappa shape index (κ2) is 3.86. The zero-order valence-electron chi connectivity index (χ0n) is 10.5. The summed E-state index contributed by atoms with van der Waals surface area (Å²) in [6.07, 6.45) is 0. The molecule has 0 bridgehead atoms. The van der Waals surface area contributed by atoms with Crippen molar-refractivity contribution in [3.8, 4) is 0 Å². The highest BCUT2D eigenvalue weighted by atomic mass is 16.3. The Balaban J connectivity index is 3.42. The molecule has 0 aliphatic carbocycles. The first kappa shape index (κ1) is 12.1. The second-order valence-electron chi connectivity index (χ2n) is 4.91. The van der Waals surface area contributed by atoms with Crippen molar-refractivity contribution in [2.24, 2.45) is 0 Å². The molecule has 0 unspecified atom stereocenters. The van der Waals surface area contributed by atoms with Crippen LogP contribution >= 0.6 is 0 Å². The van der Waals surface area contributed by atoms with Crippen LogP contribution in [-0.2, 0) is 5.60 Å². The lowest BCUT2D eigenvalue weighted by Crippen LogP contribution is -2.22. The van der Waals surface area contributed by atoms with Crippen molar-refractivity contribution in [3.63, 3.8) is 0 Å². The van der Waals surface area contributed by atoms with Crippen LogP contribution in [0.4, 0.5) is 5.69 Å². The average molecular weight is 207 g/mol. The molecule has 1 aromatic rings. The van der Waals surface area contributed by atoms with E-state index in [1.165, 1.54) is 11.1 Å². The summed E-state index contributed by atoms with van der Waals surface area (Å²) in [5.74, 6) is 0. The van der Waals surface area contributed by atoms with E-state index in [0.717, 1.165) is 11.3 Å². The summed E-state index contributed by atoms with van der Waals surface area (Å²) in [7, 11) is 4.00. The number of hydrogen-bond donors (Lipinski definition) is 1. The van der Waals surface area contributed by atoms with Crippen molar-refractivity contribution in [3.05, 3.63) is 28.8 Å². The van der Waals surface area contributed by atoms with Crippen molar-refractivity contribution in [1.82, 2.24) is 0 Å². The van der Waals surface area contributed by atoms with Gasteiger partial charge < -0.3 is 10.0 Å². The van der Waals surface area contributed by atoms with Gasteiger partial charge in [-0.15, -0.1) is 0 Å². The first-order valence-electron chi connectivity index (χ1n) is 5.25. The van der Waals surface area contributed by atoms with E-state index < -0.39 is 5.60 Å². The smallest absolute Gasteiger partial charge is 0.0860 e. The van der Waals surface area contributed by atoms with Gasteiger partial charge in [0.05, 0.1) is 5.60 Å². The molecule has 0 amide bonds. The topological polar surface area (TPSA) is 23.5 Å². The molecule has 0 radical (unpaired) electrons. The van der Waals surface area contributed by atoms with Gasteiger partial charge in [-0.05, 0) is 44.9 Å². The highest BCUT2D eigenvalue weighted by molar-refractivity contribution is 5.58. The highest BCUT2D eigenvalue weighted by Crippen LogP contribution is 2.31. The van der Waals surface area contributed by atoms with Crippen molar-refractivity contribution in [2.45, 2.75) is 33.3 Å². The number of rotatable bonds is 2. The molecular weight excluding hydrogens is 186 g/mol. The third-order valence-corrected chi connectivity index (χ3v) is 2.75. The van der Waals surface area contributed by atoms with Crippen molar-refractivity contribution in [1.29, 1.82) is 0 Å². The van der Waals surface area contributed by atoms with Crippen LogP contribution in [0.5, 0.6) is 0 Å². The van der Waals surface area contributed by atoms with E-state index in [2.05, 4.69) is 26.0 Å². The van der Waals surface area contributed by atoms with Crippen LogP contribution in [0, 0.1) is 13.8 Å². The molecule has 15 heavy (non-hydrogen) atoms. The monoisotopic (exact) mass is 207 g/mol. The molecule has 1 aromatic carbocycles. The molecule has 0 aliphatic rings. The Morgan fingerprint density at radius 2 is 1.53 bits per heavy atom. The maximum atomic E-state index is 10.1. The minimum absolute atomic E-state index is 0.794. The highest BCUT2D eigenvalue weighted by Gasteiger charge is 2.21. The van der Waals surface area contributed by atoms with Gasteiger partial charge in [-0.3, -0.25) is 0 Å². The predicted octanol–water partition coefficient (Wildman–Crippen LogP) is 2.60. The third-order valence-electron chi connectivity index (χ3n) is 2.75. The van der Waals surface area contributed by atoms with E-state index in [-0.39, 0.29) is 0 Å². The van der Waals surface area contributed by atoms with E-state index >= 15 is 0 Å². The lowest BCUT2D eigenvalue weighted by Gasteiger charge is -2.27. The Morgan fingerprint density at radius 3 is 1.93 bits per heavy atom. The van der Waals surface area contributed by atoms with Crippen LogP contribution in [0.15, 0.2) is 12.1 Å². The third kappa shape index (κ3) is 2.51. The lowest BCUT2D eigenvalue weighted by atomic mass is 9.92. The van der Waals surface area contributed by atoms with Gasteiger partial charge in [0, 0.05) is 25.3 Å². The molecule has 1 rings (SSSR count). The first-order chi connectivity index (χ1) is 6.73. The first-order valence-corrected chi connectivity index (χ1v) is 5.25. The molecule has 0 heterocycles. The molecule has 0 saturated heterocycles. The second-order valence-corrected chi connectivity index (χ2v) is 4.91. The van der Waals surface area contributed by atoms with Gasteiger partial charge in [0.15, 0.2) is 0 Å². The van der Waals surface area contributed by atoms with Crippen LogP contribution in [-0.4, -0.2) is 19.2 Å². The Labute approximate surface area is 92.5 Å². The normalized spacial score (nSPS) is 11.7. The van der Waals surface area contributed by atoms with Gasteiger partial charge in [0.25, 0.3) is 0 Å². The number of aliphatic hydroxyl groups is 1. The standard InChI is InChI=1S/C13H21NO/c1-9-7-11(13(3,4)15)12(14(5)6)8-10(9)2/h7-8,15H,1-6H3. The fourth-order valence-electron chi connectivity index (χ4n) is 1.66. The van der Waals surface area contributed by atoms with Crippen LogP contribution in [0.1, 0.15) is 30.5 Å². The van der Waals surface area contributed by atoms with E-state index in [1.807, 2.05) is 32.8 Å². The predicted molar refractivity (Wildman–Crippen MR) is 65.5 cm³/mol. The Kier molecular flexibility index (Phi) is 3.10. The Hall–Kier alpha value is -1.02. The molecule has 2 heteroatoms. The maximum absolute atomic E-state index is 10.1. The van der Waals surface area contributed by atoms with Crippen LogP contribution in [0.25, 0.3) is 0 Å². The maximum Gasteiger partial charge on any atom is 0.0860 e. The van der Waals surface area contributed by atoms with Gasteiger partial charge in [-0.25, -0.2) is 0 Å². The molecule has 1 N–H and O–H groups in total. The molecule has 0 atom stereocenters. The van der Waals surface area contributed by atoms with Crippen molar-refractivity contribution < 1.29 is 5.11 Å². The molecular formula is C13H21NO. The van der Waals surface area contributed by atoms with Gasteiger partial charge >= 0.3 is 0 Å². The minimum Gasteiger partial charge on any atom is -0.386 e. The van der Waals surface area contributed by atoms with Crippen LogP contribution < -0.4 is 4.90 Å². The molecule has 0 aliphatic heterocycles. The Morgan fingerprint density at radius 1 is 1.07 bits per heavy atom. The average Bonchev–Trinajstić information content (AvgIpc) is 2.06. The number of aryl methyl sites for hydroxylation is 2. The summed E-state index contributed by atoms with van der Waals surface area (Å²) < 4.78 is 0. The molecule has 0 saturated carbocycles. The Bertz CT molecular complexity index is 362. The fourth-order valence-corrected chi connectivity index (χ4v) is 1.66. The largest absolute Gasteiger partial charge is 0.386 e. The summed E-state index contributed by atoms with van der Waals surface area (Å²) in [6.45, 7) is 7.81. The zero-order valence-corrected chi connectivity index (χ0v) is 10.5. The molecule has 0 aromatic heterocycles. The van der Waals surface area contributed by atoms with E-state index in [9.17, 15) is 5.11 Å². The van der Waals surface area contributed by atoms with Crippen LogP contribution in [0.3, 0.4) is 0 Å². The van der Waals surface area contributed by atoms with E-state index in [4.69, 9.17) is 0 Å². The SMILES string of the molecule is Cc1cc(N(C)C)c(C(C)(C)O)cc1C.